The smallest absolute Gasteiger partial charge is 0.259 e. The number of fused-ring (bicyclic) bond motifs is 1. The second-order valence-corrected chi connectivity index (χ2v) is 3.17. The zero-order valence-corrected chi connectivity index (χ0v) is 7.77. The highest BCUT2D eigenvalue weighted by Gasteiger charge is 2.26. The summed E-state index contributed by atoms with van der Waals surface area (Å²) in [6, 6.07) is 7.37. The lowest BCUT2D eigenvalue weighted by atomic mass is 10.2. The van der Waals surface area contributed by atoms with Crippen LogP contribution in [-0.4, -0.2) is 19.5 Å². The molecule has 0 N–H and O–H groups in total. The van der Waals surface area contributed by atoms with Crippen molar-refractivity contribution in [2.75, 3.05) is 23.4 Å². The van der Waals surface area contributed by atoms with E-state index in [9.17, 15) is 4.79 Å². The highest BCUT2D eigenvalue weighted by atomic mass is 16.2. The van der Waals surface area contributed by atoms with E-state index >= 15 is 0 Å². The van der Waals surface area contributed by atoms with Crippen molar-refractivity contribution in [1.29, 1.82) is 5.26 Å². The Hall–Kier alpha value is -2.02. The topological polar surface area (TPSA) is 47.3 Å². The van der Waals surface area contributed by atoms with E-state index in [4.69, 9.17) is 5.26 Å². The van der Waals surface area contributed by atoms with E-state index in [0.717, 1.165) is 10.6 Å². The van der Waals surface area contributed by atoms with E-state index in [1.165, 1.54) is 0 Å². The summed E-state index contributed by atoms with van der Waals surface area (Å²) >= 11 is 0. The molecule has 1 aliphatic rings. The molecule has 1 aliphatic heterocycles. The van der Waals surface area contributed by atoms with Crippen LogP contribution in [0.4, 0.5) is 11.4 Å². The number of hydrogen-bond donors (Lipinski definition) is 0. The molecule has 70 valence electrons. The number of anilines is 2. The Kier molecular flexibility index (Phi) is 1.86. The van der Waals surface area contributed by atoms with Crippen molar-refractivity contribution in [1.82, 2.24) is 0 Å². The number of carbonyl (C=O) groups is 1. The van der Waals surface area contributed by atoms with Crippen molar-refractivity contribution in [2.24, 2.45) is 0 Å². The Balaban J connectivity index is 2.57. The first-order chi connectivity index (χ1) is 6.74. The number of para-hydroxylation sites is 2. The third-order valence-corrected chi connectivity index (χ3v) is 2.26. The molecule has 4 heteroatoms. The summed E-state index contributed by atoms with van der Waals surface area (Å²) in [5, 5.41) is 8.83. The van der Waals surface area contributed by atoms with Crippen molar-refractivity contribution >= 4 is 17.3 Å². The Morgan fingerprint density at radius 2 is 2.00 bits per heavy atom. The largest absolute Gasteiger partial charge is 0.364 e. The molecule has 0 atom stereocenters. The van der Waals surface area contributed by atoms with Gasteiger partial charge in [-0.05, 0) is 12.1 Å². The van der Waals surface area contributed by atoms with E-state index in [-0.39, 0.29) is 12.5 Å². The quantitative estimate of drug-likeness (QED) is 0.568. The van der Waals surface area contributed by atoms with Gasteiger partial charge in [0.1, 0.15) is 0 Å². The van der Waals surface area contributed by atoms with Gasteiger partial charge < -0.3 is 4.90 Å². The Labute approximate surface area is 82.0 Å². The first-order valence-electron chi connectivity index (χ1n) is 4.27. The summed E-state index contributed by atoms with van der Waals surface area (Å²) in [5.74, 6) is -0.186. The van der Waals surface area contributed by atoms with Crippen LogP contribution in [0.2, 0.25) is 0 Å². The molecular formula is C10H9N3O. The fourth-order valence-corrected chi connectivity index (χ4v) is 1.58. The Bertz CT molecular complexity index is 422. The van der Waals surface area contributed by atoms with Gasteiger partial charge in [0.25, 0.3) is 5.91 Å². The van der Waals surface area contributed by atoms with Gasteiger partial charge in [0.2, 0.25) is 0 Å². The van der Waals surface area contributed by atoms with Crippen LogP contribution in [0.3, 0.4) is 0 Å². The van der Waals surface area contributed by atoms with Gasteiger partial charge in [-0.3, -0.25) is 4.79 Å². The van der Waals surface area contributed by atoms with Crippen LogP contribution in [0.15, 0.2) is 24.3 Å². The zero-order chi connectivity index (χ0) is 10.1. The van der Waals surface area contributed by atoms with Crippen LogP contribution in [0.1, 0.15) is 0 Å². The van der Waals surface area contributed by atoms with Gasteiger partial charge in [-0.15, -0.1) is 0 Å². The molecule has 2 rings (SSSR count). The van der Waals surface area contributed by atoms with Crippen LogP contribution in [0.5, 0.6) is 0 Å². The maximum atomic E-state index is 11.5. The minimum atomic E-state index is -0.186. The lowest BCUT2D eigenvalue weighted by molar-refractivity contribution is -0.116. The van der Waals surface area contributed by atoms with Gasteiger partial charge in [0.15, 0.2) is 6.19 Å². The molecule has 0 radical (unpaired) electrons. The van der Waals surface area contributed by atoms with Crippen LogP contribution < -0.4 is 9.80 Å². The molecule has 1 heterocycles. The van der Waals surface area contributed by atoms with Crippen molar-refractivity contribution < 1.29 is 4.79 Å². The van der Waals surface area contributed by atoms with Crippen LogP contribution in [-0.2, 0) is 4.79 Å². The number of carbonyl (C=O) groups excluding carboxylic acids is 1. The van der Waals surface area contributed by atoms with E-state index in [1.807, 2.05) is 36.3 Å². The summed E-state index contributed by atoms with van der Waals surface area (Å²) in [6.07, 6.45) is 1.89. The third-order valence-electron chi connectivity index (χ3n) is 2.26. The van der Waals surface area contributed by atoms with Gasteiger partial charge in [-0.25, -0.2) is 4.90 Å². The van der Waals surface area contributed by atoms with Crippen molar-refractivity contribution in [3.63, 3.8) is 0 Å². The normalized spacial score (nSPS) is 15.0. The van der Waals surface area contributed by atoms with Crippen LogP contribution >= 0.6 is 0 Å². The lowest BCUT2D eigenvalue weighted by Gasteiger charge is -2.30. The molecule has 0 aromatic heterocycles. The molecule has 0 unspecified atom stereocenters. The monoisotopic (exact) mass is 187 g/mol. The minimum absolute atomic E-state index is 0.186. The third kappa shape index (κ3) is 1.11. The molecule has 1 amide bonds. The van der Waals surface area contributed by atoms with E-state index < -0.39 is 0 Å². The van der Waals surface area contributed by atoms with Crippen molar-refractivity contribution in [2.45, 2.75) is 0 Å². The lowest BCUT2D eigenvalue weighted by Crippen LogP contribution is -2.41. The fraction of sp³-hybridized carbons (Fsp3) is 0.200. The summed E-state index contributed by atoms with van der Waals surface area (Å²) in [5.41, 5.74) is 1.57. The number of likely N-dealkylation sites (N-methyl/N-ethyl adjacent to an activating group) is 1. The van der Waals surface area contributed by atoms with Gasteiger partial charge >= 0.3 is 0 Å². The molecular weight excluding hydrogens is 178 g/mol. The number of hydrogen-bond acceptors (Lipinski definition) is 3. The highest BCUT2D eigenvalue weighted by Crippen LogP contribution is 2.31. The second kappa shape index (κ2) is 3.04. The maximum Gasteiger partial charge on any atom is 0.259 e. The summed E-state index contributed by atoms with van der Waals surface area (Å²) in [7, 11) is 1.84. The molecule has 0 saturated carbocycles. The van der Waals surface area contributed by atoms with Gasteiger partial charge in [0.05, 0.1) is 17.9 Å². The highest BCUT2D eigenvalue weighted by molar-refractivity contribution is 6.05. The number of nitrogens with zero attached hydrogens (tertiary/aromatic N) is 3. The molecule has 0 spiro atoms. The summed E-state index contributed by atoms with van der Waals surface area (Å²) in [4.78, 5) is 14.4. The molecule has 1 aromatic carbocycles. The Morgan fingerprint density at radius 3 is 2.64 bits per heavy atom. The molecule has 0 aliphatic carbocycles. The molecule has 4 nitrogen and oxygen atoms in total. The average Bonchev–Trinajstić information content (AvgIpc) is 2.18. The second-order valence-electron chi connectivity index (χ2n) is 3.17. The number of nitriles is 1. The average molecular weight is 187 g/mol. The fourth-order valence-electron chi connectivity index (χ4n) is 1.58. The molecule has 0 saturated heterocycles. The van der Waals surface area contributed by atoms with E-state index in [0.29, 0.717) is 5.69 Å². The molecule has 14 heavy (non-hydrogen) atoms. The number of benzene rings is 1. The Morgan fingerprint density at radius 1 is 1.36 bits per heavy atom. The van der Waals surface area contributed by atoms with Gasteiger partial charge in [-0.1, -0.05) is 12.1 Å². The van der Waals surface area contributed by atoms with E-state index in [1.54, 1.807) is 6.07 Å². The SMILES string of the molecule is CN1CC(=O)N(C#N)c2ccccc21. The predicted octanol–water partition coefficient (Wildman–Crippen LogP) is 0.950. The van der Waals surface area contributed by atoms with Crippen molar-refractivity contribution in [3.8, 4) is 6.19 Å². The molecule has 0 fully saturated rings. The van der Waals surface area contributed by atoms with Gasteiger partial charge in [0, 0.05) is 7.05 Å². The van der Waals surface area contributed by atoms with Gasteiger partial charge in [-0.2, -0.15) is 5.26 Å². The predicted molar refractivity (Wildman–Crippen MR) is 52.8 cm³/mol. The first kappa shape index (κ1) is 8.57. The molecule has 0 bridgehead atoms. The van der Waals surface area contributed by atoms with Crippen LogP contribution in [0, 0.1) is 11.5 Å². The molecule has 1 aromatic rings. The van der Waals surface area contributed by atoms with Crippen LogP contribution in [0.25, 0.3) is 0 Å². The summed E-state index contributed by atoms with van der Waals surface area (Å²) < 4.78 is 0. The first-order valence-corrected chi connectivity index (χ1v) is 4.27. The summed E-state index contributed by atoms with van der Waals surface area (Å²) in [6.45, 7) is 0.255. The standard InChI is InChI=1S/C10H9N3O/c1-12-6-10(14)13(7-11)9-5-3-2-4-8(9)12/h2-5H,6H2,1H3. The number of amides is 1. The number of rotatable bonds is 0. The minimum Gasteiger partial charge on any atom is -0.364 e. The van der Waals surface area contributed by atoms with Crippen molar-refractivity contribution in [3.05, 3.63) is 24.3 Å². The zero-order valence-electron chi connectivity index (χ0n) is 7.77. The maximum absolute atomic E-state index is 11.5. The van der Waals surface area contributed by atoms with E-state index in [2.05, 4.69) is 0 Å².